The van der Waals surface area contributed by atoms with Crippen LogP contribution in [0, 0.1) is 0 Å². The minimum atomic E-state index is 0.255. The Morgan fingerprint density at radius 1 is 1.35 bits per heavy atom. The van der Waals surface area contributed by atoms with Gasteiger partial charge in [-0.2, -0.15) is 4.98 Å². The van der Waals surface area contributed by atoms with Crippen LogP contribution in [0.15, 0.2) is 27.5 Å². The summed E-state index contributed by atoms with van der Waals surface area (Å²) in [4.78, 5) is 6.78. The van der Waals surface area contributed by atoms with Gasteiger partial charge in [0.15, 0.2) is 5.82 Å². The molecule has 6 nitrogen and oxygen atoms in total. The molecule has 0 bridgehead atoms. The van der Waals surface area contributed by atoms with Gasteiger partial charge in [-0.3, -0.25) is 4.90 Å². The van der Waals surface area contributed by atoms with E-state index in [4.69, 9.17) is 14.0 Å². The lowest BCUT2D eigenvalue weighted by Gasteiger charge is -2.19. The monoisotopic (exact) mass is 277 g/mol. The quantitative estimate of drug-likeness (QED) is 0.744. The maximum atomic E-state index is 8.87. The minimum absolute atomic E-state index is 0.255. The van der Waals surface area contributed by atoms with Gasteiger partial charge >= 0.3 is 0 Å². The number of aliphatic hydroxyl groups is 1. The Balaban J connectivity index is 1.60. The van der Waals surface area contributed by atoms with Gasteiger partial charge < -0.3 is 14.0 Å². The van der Waals surface area contributed by atoms with Crippen LogP contribution < -0.4 is 0 Å². The molecule has 1 aliphatic rings. The average Bonchev–Trinajstić information content (AvgIpc) is 2.97. The Labute approximate surface area is 117 Å². The molecule has 108 valence electrons. The van der Waals surface area contributed by atoms with Gasteiger partial charge in [-0.1, -0.05) is 5.16 Å². The summed E-state index contributed by atoms with van der Waals surface area (Å²) in [5.41, 5.74) is 0.807. The molecule has 0 aromatic carbocycles. The lowest BCUT2D eigenvalue weighted by molar-refractivity contribution is 0.222. The first-order valence-electron chi connectivity index (χ1n) is 7.07. The van der Waals surface area contributed by atoms with E-state index in [0.29, 0.717) is 24.3 Å². The fourth-order valence-electron chi connectivity index (χ4n) is 2.26. The first-order chi connectivity index (χ1) is 9.86. The van der Waals surface area contributed by atoms with Crippen LogP contribution in [0.5, 0.6) is 0 Å². The molecule has 0 atom stereocenters. The van der Waals surface area contributed by atoms with Crippen molar-refractivity contribution in [2.45, 2.75) is 38.3 Å². The molecule has 2 heterocycles. The number of nitrogens with zero attached hydrogens (tertiary/aromatic N) is 3. The SMILES string of the molecule is OCCCCN(Cc1noc(-c2ccoc2)n1)C1CC1. The van der Waals surface area contributed by atoms with Crippen LogP contribution in [0.1, 0.15) is 31.5 Å². The van der Waals surface area contributed by atoms with Crippen LogP contribution in [0.3, 0.4) is 0 Å². The van der Waals surface area contributed by atoms with Crippen LogP contribution in [0.2, 0.25) is 0 Å². The Hall–Kier alpha value is -1.66. The maximum Gasteiger partial charge on any atom is 0.261 e. The zero-order valence-electron chi connectivity index (χ0n) is 11.4. The van der Waals surface area contributed by atoms with Gasteiger partial charge in [-0.25, -0.2) is 0 Å². The van der Waals surface area contributed by atoms with Crippen LogP contribution >= 0.6 is 0 Å². The molecule has 0 aliphatic heterocycles. The zero-order chi connectivity index (χ0) is 13.8. The van der Waals surface area contributed by atoms with Gasteiger partial charge in [0.05, 0.1) is 18.4 Å². The van der Waals surface area contributed by atoms with Crippen molar-refractivity contribution in [3.05, 3.63) is 24.4 Å². The average molecular weight is 277 g/mol. The highest BCUT2D eigenvalue weighted by Crippen LogP contribution is 2.28. The van der Waals surface area contributed by atoms with Crippen LogP contribution in [0.25, 0.3) is 11.5 Å². The van der Waals surface area contributed by atoms with E-state index < -0.39 is 0 Å². The Kier molecular flexibility index (Phi) is 4.13. The number of furan rings is 1. The number of rotatable bonds is 8. The predicted octanol–water partition coefficient (Wildman–Crippen LogP) is 2.07. The summed E-state index contributed by atoms with van der Waals surface area (Å²) in [6.07, 6.45) is 7.51. The minimum Gasteiger partial charge on any atom is -0.472 e. The first kappa shape index (κ1) is 13.3. The van der Waals surface area contributed by atoms with Crippen LogP contribution in [0.4, 0.5) is 0 Å². The summed E-state index contributed by atoms with van der Waals surface area (Å²) in [6, 6.07) is 2.45. The highest BCUT2D eigenvalue weighted by atomic mass is 16.5. The number of hydrogen-bond donors (Lipinski definition) is 1. The summed E-state index contributed by atoms with van der Waals surface area (Å²) < 4.78 is 10.3. The smallest absolute Gasteiger partial charge is 0.261 e. The third-order valence-corrected chi connectivity index (χ3v) is 3.50. The van der Waals surface area contributed by atoms with Crippen molar-refractivity contribution in [2.75, 3.05) is 13.2 Å². The van der Waals surface area contributed by atoms with E-state index in [1.807, 2.05) is 0 Å². The highest BCUT2D eigenvalue weighted by molar-refractivity contribution is 5.49. The van der Waals surface area contributed by atoms with Crippen molar-refractivity contribution in [2.24, 2.45) is 0 Å². The van der Waals surface area contributed by atoms with Gasteiger partial charge in [-0.05, 0) is 38.3 Å². The second-order valence-electron chi connectivity index (χ2n) is 5.16. The fraction of sp³-hybridized carbons (Fsp3) is 0.571. The molecule has 20 heavy (non-hydrogen) atoms. The lowest BCUT2D eigenvalue weighted by atomic mass is 10.3. The largest absolute Gasteiger partial charge is 0.472 e. The van der Waals surface area contributed by atoms with E-state index in [2.05, 4.69) is 15.0 Å². The predicted molar refractivity (Wildman–Crippen MR) is 71.8 cm³/mol. The summed E-state index contributed by atoms with van der Waals surface area (Å²) in [5, 5.41) is 12.9. The van der Waals surface area contributed by atoms with Crippen molar-refractivity contribution in [1.82, 2.24) is 15.0 Å². The Morgan fingerprint density at radius 2 is 2.25 bits per heavy atom. The second kappa shape index (κ2) is 6.19. The highest BCUT2D eigenvalue weighted by Gasteiger charge is 2.29. The van der Waals surface area contributed by atoms with Crippen molar-refractivity contribution in [3.63, 3.8) is 0 Å². The molecule has 3 rings (SSSR count). The van der Waals surface area contributed by atoms with Gasteiger partial charge in [-0.15, -0.1) is 0 Å². The summed E-state index contributed by atoms with van der Waals surface area (Å²) in [7, 11) is 0. The first-order valence-corrected chi connectivity index (χ1v) is 7.07. The van der Waals surface area contributed by atoms with Gasteiger partial charge in [0, 0.05) is 12.6 Å². The van der Waals surface area contributed by atoms with Crippen molar-refractivity contribution >= 4 is 0 Å². The van der Waals surface area contributed by atoms with E-state index in [9.17, 15) is 0 Å². The molecule has 0 amide bonds. The summed E-state index contributed by atoms with van der Waals surface area (Å²) >= 11 is 0. The molecule has 2 aromatic heterocycles. The molecule has 1 saturated carbocycles. The molecule has 1 aliphatic carbocycles. The summed E-state index contributed by atoms with van der Waals surface area (Å²) in [5.74, 6) is 1.21. The topological polar surface area (TPSA) is 75.5 Å². The number of hydrogen-bond acceptors (Lipinski definition) is 6. The van der Waals surface area contributed by atoms with E-state index in [1.54, 1.807) is 18.6 Å². The number of aliphatic hydroxyl groups excluding tert-OH is 1. The third-order valence-electron chi connectivity index (χ3n) is 3.50. The molecule has 0 spiro atoms. The normalized spacial score (nSPS) is 15.1. The fourth-order valence-corrected chi connectivity index (χ4v) is 2.26. The van der Waals surface area contributed by atoms with Crippen molar-refractivity contribution in [3.8, 4) is 11.5 Å². The molecular formula is C14H19N3O3. The molecule has 1 N–H and O–H groups in total. The van der Waals surface area contributed by atoms with Gasteiger partial charge in [0.1, 0.15) is 6.26 Å². The maximum absolute atomic E-state index is 8.87. The molecule has 0 unspecified atom stereocenters. The third kappa shape index (κ3) is 3.26. The Bertz CT molecular complexity index is 520. The number of aromatic nitrogens is 2. The van der Waals surface area contributed by atoms with E-state index >= 15 is 0 Å². The second-order valence-corrected chi connectivity index (χ2v) is 5.16. The van der Waals surface area contributed by atoms with Gasteiger partial charge in [0.25, 0.3) is 5.89 Å². The summed E-state index contributed by atoms with van der Waals surface area (Å²) in [6.45, 7) is 1.93. The molecule has 0 saturated heterocycles. The lowest BCUT2D eigenvalue weighted by Crippen LogP contribution is -2.27. The van der Waals surface area contributed by atoms with E-state index in [-0.39, 0.29) is 6.61 Å². The molecular weight excluding hydrogens is 258 g/mol. The van der Waals surface area contributed by atoms with Crippen LogP contribution in [-0.4, -0.2) is 39.3 Å². The number of unbranched alkanes of at least 4 members (excludes halogenated alkanes) is 1. The van der Waals surface area contributed by atoms with Crippen molar-refractivity contribution in [1.29, 1.82) is 0 Å². The molecule has 6 heteroatoms. The van der Waals surface area contributed by atoms with Gasteiger partial charge in [0.2, 0.25) is 0 Å². The van der Waals surface area contributed by atoms with E-state index in [0.717, 1.165) is 24.9 Å². The molecule has 1 fully saturated rings. The molecule has 2 aromatic rings. The van der Waals surface area contributed by atoms with Crippen molar-refractivity contribution < 1.29 is 14.0 Å². The van der Waals surface area contributed by atoms with Crippen LogP contribution in [-0.2, 0) is 6.54 Å². The Morgan fingerprint density at radius 3 is 2.95 bits per heavy atom. The zero-order valence-corrected chi connectivity index (χ0v) is 11.4. The standard InChI is InChI=1S/C14H19N3O3/c18-7-2-1-6-17(12-3-4-12)9-13-15-14(20-16-13)11-5-8-19-10-11/h5,8,10,12,18H,1-4,6-7,9H2. The van der Waals surface area contributed by atoms with E-state index in [1.165, 1.54) is 12.8 Å². The molecule has 0 radical (unpaired) electrons.